The number of rotatable bonds is 5. The smallest absolute Gasteiger partial charge is 0.123 e. The van der Waals surface area contributed by atoms with Gasteiger partial charge in [-0.2, -0.15) is 0 Å². The van der Waals surface area contributed by atoms with Crippen LogP contribution in [-0.2, 0) is 6.54 Å². The molecule has 1 aliphatic rings. The summed E-state index contributed by atoms with van der Waals surface area (Å²) in [4.78, 5) is 2.39. The molecule has 1 N–H and O–H groups in total. The maximum atomic E-state index is 12.8. The van der Waals surface area contributed by atoms with Crippen LogP contribution in [0.25, 0.3) is 0 Å². The molecular weight excluding hydrogens is 227 g/mol. The lowest BCUT2D eigenvalue weighted by atomic mass is 10.1. The van der Waals surface area contributed by atoms with Gasteiger partial charge >= 0.3 is 0 Å². The topological polar surface area (TPSA) is 15.3 Å². The normalized spacial score (nSPS) is 23.8. The van der Waals surface area contributed by atoms with E-state index in [4.69, 9.17) is 0 Å². The number of nitrogens with one attached hydrogen (secondary N) is 1. The van der Waals surface area contributed by atoms with Crippen LogP contribution in [0.3, 0.4) is 0 Å². The van der Waals surface area contributed by atoms with Crippen molar-refractivity contribution < 1.29 is 4.39 Å². The molecule has 1 saturated carbocycles. The number of nitrogens with zero attached hydrogens (tertiary/aromatic N) is 1. The summed E-state index contributed by atoms with van der Waals surface area (Å²) in [5.74, 6) is -0.158. The second-order valence-electron chi connectivity index (χ2n) is 5.26. The minimum absolute atomic E-state index is 0.158. The van der Waals surface area contributed by atoms with Crippen LogP contribution in [0.4, 0.5) is 4.39 Å². The van der Waals surface area contributed by atoms with Crippen LogP contribution >= 0.6 is 0 Å². The van der Waals surface area contributed by atoms with E-state index in [1.54, 1.807) is 12.1 Å². The van der Waals surface area contributed by atoms with E-state index in [0.717, 1.165) is 13.1 Å². The van der Waals surface area contributed by atoms with Gasteiger partial charge in [0, 0.05) is 18.6 Å². The maximum absolute atomic E-state index is 12.8. The zero-order valence-electron chi connectivity index (χ0n) is 11.3. The van der Waals surface area contributed by atoms with Crippen molar-refractivity contribution in [3.8, 4) is 0 Å². The van der Waals surface area contributed by atoms with Gasteiger partial charge in [0.25, 0.3) is 0 Å². The Morgan fingerprint density at radius 2 is 2.00 bits per heavy atom. The first-order chi connectivity index (χ1) is 8.69. The highest BCUT2D eigenvalue weighted by atomic mass is 19.1. The fraction of sp³-hybridized carbons (Fsp3) is 0.600. The van der Waals surface area contributed by atoms with Crippen LogP contribution in [-0.4, -0.2) is 30.6 Å². The van der Waals surface area contributed by atoms with Gasteiger partial charge in [-0.25, -0.2) is 4.39 Å². The maximum Gasteiger partial charge on any atom is 0.123 e. The molecule has 2 unspecified atom stereocenters. The van der Waals surface area contributed by atoms with Gasteiger partial charge in [0.05, 0.1) is 0 Å². The minimum Gasteiger partial charge on any atom is -0.314 e. The zero-order valence-corrected chi connectivity index (χ0v) is 11.3. The summed E-state index contributed by atoms with van der Waals surface area (Å²) in [6, 6.07) is 8.17. The summed E-state index contributed by atoms with van der Waals surface area (Å²) in [7, 11) is 2.17. The fourth-order valence-electron chi connectivity index (χ4n) is 2.84. The molecule has 1 fully saturated rings. The van der Waals surface area contributed by atoms with Gasteiger partial charge in [-0.1, -0.05) is 19.1 Å². The molecule has 100 valence electrons. The van der Waals surface area contributed by atoms with Crippen molar-refractivity contribution in [3.05, 3.63) is 35.6 Å². The standard InChI is InChI=1S/C15H23FN2/c1-3-17-14-8-9-15(10-14)18(2)11-12-4-6-13(16)7-5-12/h4-7,14-15,17H,3,8-11H2,1-2H3. The minimum atomic E-state index is -0.158. The molecule has 2 atom stereocenters. The Balaban J connectivity index is 1.85. The molecule has 0 amide bonds. The molecular formula is C15H23FN2. The highest BCUT2D eigenvalue weighted by Gasteiger charge is 2.26. The van der Waals surface area contributed by atoms with Crippen LogP contribution < -0.4 is 5.32 Å². The summed E-state index contributed by atoms with van der Waals surface area (Å²) in [5.41, 5.74) is 1.19. The molecule has 18 heavy (non-hydrogen) atoms. The van der Waals surface area contributed by atoms with Gasteiger partial charge in [-0.3, -0.25) is 4.90 Å². The van der Waals surface area contributed by atoms with Crippen LogP contribution in [0.1, 0.15) is 31.7 Å². The van der Waals surface area contributed by atoms with Crippen molar-refractivity contribution in [3.63, 3.8) is 0 Å². The van der Waals surface area contributed by atoms with Crippen molar-refractivity contribution in [1.82, 2.24) is 10.2 Å². The first-order valence-corrected chi connectivity index (χ1v) is 6.87. The van der Waals surface area contributed by atoms with Gasteiger partial charge in [0.1, 0.15) is 5.82 Å². The second kappa shape index (κ2) is 6.30. The molecule has 2 rings (SSSR count). The third-order valence-corrected chi connectivity index (χ3v) is 3.87. The average Bonchev–Trinajstić information content (AvgIpc) is 2.81. The summed E-state index contributed by atoms with van der Waals surface area (Å²) in [6.45, 7) is 4.12. The molecule has 2 nitrogen and oxygen atoms in total. The van der Waals surface area contributed by atoms with Crippen molar-refractivity contribution in [2.45, 2.75) is 44.8 Å². The van der Waals surface area contributed by atoms with E-state index in [2.05, 4.69) is 24.2 Å². The van der Waals surface area contributed by atoms with Gasteiger partial charge in [-0.05, 0) is 50.6 Å². The third kappa shape index (κ3) is 3.53. The predicted octanol–water partition coefficient (Wildman–Crippen LogP) is 2.79. The predicted molar refractivity (Wildman–Crippen MR) is 73.0 cm³/mol. The molecule has 1 aromatic carbocycles. The molecule has 0 saturated heterocycles. The highest BCUT2D eigenvalue weighted by Crippen LogP contribution is 2.24. The van der Waals surface area contributed by atoms with Crippen LogP contribution in [0, 0.1) is 5.82 Å². The largest absolute Gasteiger partial charge is 0.314 e. The monoisotopic (exact) mass is 250 g/mol. The van der Waals surface area contributed by atoms with E-state index >= 15 is 0 Å². The third-order valence-electron chi connectivity index (χ3n) is 3.87. The van der Waals surface area contributed by atoms with E-state index in [-0.39, 0.29) is 5.82 Å². The van der Waals surface area contributed by atoms with Gasteiger partial charge in [0.2, 0.25) is 0 Å². The van der Waals surface area contributed by atoms with E-state index < -0.39 is 0 Å². The average molecular weight is 250 g/mol. The Morgan fingerprint density at radius 1 is 1.28 bits per heavy atom. The molecule has 3 heteroatoms. The number of hydrogen-bond donors (Lipinski definition) is 1. The Bertz CT molecular complexity index is 363. The van der Waals surface area contributed by atoms with Crippen molar-refractivity contribution in [2.24, 2.45) is 0 Å². The number of hydrogen-bond acceptors (Lipinski definition) is 2. The lowest BCUT2D eigenvalue weighted by molar-refractivity contribution is 0.234. The van der Waals surface area contributed by atoms with Gasteiger partial charge < -0.3 is 5.32 Å². The van der Waals surface area contributed by atoms with E-state index in [1.807, 2.05) is 12.1 Å². The summed E-state index contributed by atoms with van der Waals surface area (Å²) < 4.78 is 12.8. The quantitative estimate of drug-likeness (QED) is 0.864. The van der Waals surface area contributed by atoms with Gasteiger partial charge in [-0.15, -0.1) is 0 Å². The molecule has 0 bridgehead atoms. The van der Waals surface area contributed by atoms with Crippen LogP contribution in [0.15, 0.2) is 24.3 Å². The van der Waals surface area contributed by atoms with Crippen molar-refractivity contribution in [1.29, 1.82) is 0 Å². The zero-order chi connectivity index (χ0) is 13.0. The molecule has 0 heterocycles. The molecule has 1 aliphatic carbocycles. The first kappa shape index (κ1) is 13.5. The molecule has 0 radical (unpaired) electrons. The first-order valence-electron chi connectivity index (χ1n) is 6.87. The second-order valence-corrected chi connectivity index (χ2v) is 5.26. The van der Waals surface area contributed by atoms with E-state index in [9.17, 15) is 4.39 Å². The van der Waals surface area contributed by atoms with E-state index in [0.29, 0.717) is 12.1 Å². The summed E-state index contributed by atoms with van der Waals surface area (Å²) in [6.07, 6.45) is 3.76. The Labute approximate surface area is 109 Å². The fourth-order valence-corrected chi connectivity index (χ4v) is 2.84. The molecule has 1 aromatic rings. The summed E-state index contributed by atoms with van der Waals surface area (Å²) >= 11 is 0. The number of benzene rings is 1. The lowest BCUT2D eigenvalue weighted by Gasteiger charge is -2.24. The van der Waals surface area contributed by atoms with Crippen LogP contribution in [0.2, 0.25) is 0 Å². The number of halogens is 1. The Hall–Kier alpha value is -0.930. The molecule has 0 aliphatic heterocycles. The Kier molecular flexibility index (Phi) is 4.72. The Morgan fingerprint density at radius 3 is 2.67 bits per heavy atom. The molecule has 0 aromatic heterocycles. The van der Waals surface area contributed by atoms with Crippen LogP contribution in [0.5, 0.6) is 0 Å². The van der Waals surface area contributed by atoms with Crippen molar-refractivity contribution in [2.75, 3.05) is 13.6 Å². The summed E-state index contributed by atoms with van der Waals surface area (Å²) in [5, 5.41) is 3.52. The van der Waals surface area contributed by atoms with E-state index in [1.165, 1.54) is 24.8 Å². The van der Waals surface area contributed by atoms with Crippen molar-refractivity contribution >= 4 is 0 Å². The lowest BCUT2D eigenvalue weighted by Crippen LogP contribution is -2.32. The van der Waals surface area contributed by atoms with Gasteiger partial charge in [0.15, 0.2) is 0 Å². The molecule has 0 spiro atoms. The highest BCUT2D eigenvalue weighted by molar-refractivity contribution is 5.16. The SMILES string of the molecule is CCNC1CCC(N(C)Cc2ccc(F)cc2)C1.